The maximum Gasteiger partial charge on any atom is 0.00358 e. The van der Waals surface area contributed by atoms with Crippen LogP contribution >= 0.6 is 22.6 Å². The minimum atomic E-state index is 1.20. The van der Waals surface area contributed by atoms with Gasteiger partial charge < -0.3 is 0 Å². The average Bonchev–Trinajstić information content (AvgIpc) is 2.09. The molecule has 0 amide bonds. The molecule has 0 atom stereocenters. The van der Waals surface area contributed by atoms with Gasteiger partial charge in [-0.05, 0) is 24.0 Å². The summed E-state index contributed by atoms with van der Waals surface area (Å²) < 4.78 is 1.21. The number of hydrogen-bond donors (Lipinski definition) is 0. The molecule has 0 N–H and O–H groups in total. The average molecular weight is 274 g/mol. The first-order valence-corrected chi connectivity index (χ1v) is 6.03. The zero-order valence-corrected chi connectivity index (χ0v) is 9.67. The van der Waals surface area contributed by atoms with Crippen molar-refractivity contribution >= 4 is 22.6 Å². The van der Waals surface area contributed by atoms with Crippen molar-refractivity contribution in [3.63, 3.8) is 0 Å². The predicted octanol–water partition coefficient (Wildman–Crippen LogP) is 3.62. The first kappa shape index (κ1) is 10.0. The number of alkyl halides is 1. The molecular weight excluding hydrogens is 259 g/mol. The summed E-state index contributed by atoms with van der Waals surface area (Å²) in [6, 6.07) is 9.02. The maximum absolute atomic E-state index is 2.42. The van der Waals surface area contributed by atoms with Crippen molar-refractivity contribution in [3.05, 3.63) is 35.4 Å². The van der Waals surface area contributed by atoms with E-state index in [0.717, 1.165) is 0 Å². The smallest absolute Gasteiger partial charge is 0.00358 e. The summed E-state index contributed by atoms with van der Waals surface area (Å²) in [6.45, 7) is 2.22. The Kier molecular flexibility index (Phi) is 4.66. The number of halogens is 1. The topological polar surface area (TPSA) is 0 Å². The van der Waals surface area contributed by atoms with E-state index in [1.54, 1.807) is 0 Å². The van der Waals surface area contributed by atoms with Gasteiger partial charge in [-0.25, -0.2) is 0 Å². The molecule has 0 saturated carbocycles. The van der Waals surface area contributed by atoms with Crippen molar-refractivity contribution in [2.24, 2.45) is 0 Å². The second-order valence-electron chi connectivity index (χ2n) is 3.01. The van der Waals surface area contributed by atoms with Gasteiger partial charge in [-0.1, -0.05) is 60.2 Å². The molecule has 1 aromatic carbocycles. The Balaban J connectivity index is 2.58. The molecule has 0 spiro atoms. The van der Waals surface area contributed by atoms with Crippen LogP contribution in [-0.4, -0.2) is 4.43 Å². The van der Waals surface area contributed by atoms with E-state index in [1.807, 2.05) is 0 Å². The van der Waals surface area contributed by atoms with Gasteiger partial charge in [0.1, 0.15) is 0 Å². The van der Waals surface area contributed by atoms with Crippen molar-refractivity contribution in [2.75, 3.05) is 4.43 Å². The molecule has 0 aliphatic heterocycles. The highest BCUT2D eigenvalue weighted by Gasteiger charge is 1.92. The van der Waals surface area contributed by atoms with Gasteiger partial charge >= 0.3 is 0 Å². The zero-order chi connectivity index (χ0) is 8.81. The highest BCUT2D eigenvalue weighted by Crippen LogP contribution is 2.07. The molecule has 0 heterocycles. The van der Waals surface area contributed by atoms with Crippen LogP contribution in [0.25, 0.3) is 0 Å². The summed E-state index contributed by atoms with van der Waals surface area (Å²) >= 11 is 2.42. The Hall–Kier alpha value is -0.0500. The van der Waals surface area contributed by atoms with Crippen molar-refractivity contribution in [2.45, 2.75) is 26.2 Å². The highest BCUT2D eigenvalue weighted by molar-refractivity contribution is 14.1. The van der Waals surface area contributed by atoms with E-state index in [9.17, 15) is 0 Å². The third-order valence-corrected chi connectivity index (χ3v) is 2.48. The van der Waals surface area contributed by atoms with E-state index in [-0.39, 0.29) is 0 Å². The monoisotopic (exact) mass is 274 g/mol. The number of benzene rings is 1. The fourth-order valence-electron chi connectivity index (χ4n) is 1.27. The molecule has 12 heavy (non-hydrogen) atoms. The number of aryl methyl sites for hydroxylation is 2. The first-order valence-electron chi connectivity index (χ1n) is 4.50. The molecule has 66 valence electrons. The van der Waals surface area contributed by atoms with Gasteiger partial charge in [-0.2, -0.15) is 0 Å². The van der Waals surface area contributed by atoms with Crippen LogP contribution in [0.5, 0.6) is 0 Å². The van der Waals surface area contributed by atoms with Gasteiger partial charge in [0.05, 0.1) is 0 Å². The van der Waals surface area contributed by atoms with E-state index in [1.165, 1.54) is 34.8 Å². The lowest BCUT2D eigenvalue weighted by atomic mass is 10.1. The first-order chi connectivity index (χ1) is 5.86. The Morgan fingerprint density at radius 2 is 1.50 bits per heavy atom. The zero-order valence-electron chi connectivity index (χ0n) is 7.52. The maximum atomic E-state index is 2.42. The standard InChI is InChI=1S/C11H15I/c1-2-3-10-4-6-11(7-5-10)8-9-12/h4-7H,2-3,8-9H2,1H3. The molecule has 1 heteroatoms. The van der Waals surface area contributed by atoms with Crippen LogP contribution in [0.4, 0.5) is 0 Å². The van der Waals surface area contributed by atoms with Crippen molar-refractivity contribution in [3.8, 4) is 0 Å². The lowest BCUT2D eigenvalue weighted by molar-refractivity contribution is 0.920. The molecule has 0 bridgehead atoms. The lowest BCUT2D eigenvalue weighted by Gasteiger charge is -2.00. The minimum absolute atomic E-state index is 1.20. The Bertz CT molecular complexity index is 188. The molecular formula is C11H15I. The van der Waals surface area contributed by atoms with Crippen LogP contribution in [-0.2, 0) is 12.8 Å². The quantitative estimate of drug-likeness (QED) is 0.581. The predicted molar refractivity (Wildman–Crippen MR) is 63.0 cm³/mol. The third kappa shape index (κ3) is 3.13. The molecule has 0 saturated heterocycles. The molecule has 0 unspecified atom stereocenters. The van der Waals surface area contributed by atoms with Crippen LogP contribution in [0.3, 0.4) is 0 Å². The second kappa shape index (κ2) is 5.57. The SMILES string of the molecule is CCCc1ccc(CCI)cc1. The molecule has 0 aliphatic carbocycles. The summed E-state index contributed by atoms with van der Waals surface area (Å²) in [7, 11) is 0. The van der Waals surface area contributed by atoms with E-state index < -0.39 is 0 Å². The van der Waals surface area contributed by atoms with Gasteiger partial charge in [-0.3, -0.25) is 0 Å². The largest absolute Gasteiger partial charge is 0.0860 e. The van der Waals surface area contributed by atoms with Crippen LogP contribution in [0.2, 0.25) is 0 Å². The summed E-state index contributed by atoms with van der Waals surface area (Å²) in [5, 5.41) is 0. The normalized spacial score (nSPS) is 10.2. The molecule has 1 rings (SSSR count). The van der Waals surface area contributed by atoms with Crippen molar-refractivity contribution in [1.82, 2.24) is 0 Å². The Morgan fingerprint density at radius 1 is 1.00 bits per heavy atom. The molecule has 1 aromatic rings. The highest BCUT2D eigenvalue weighted by atomic mass is 127. The van der Waals surface area contributed by atoms with E-state index in [2.05, 4.69) is 53.8 Å². The van der Waals surface area contributed by atoms with Crippen LogP contribution in [0.15, 0.2) is 24.3 Å². The molecule has 0 aliphatic rings. The van der Waals surface area contributed by atoms with Gasteiger partial charge in [0.25, 0.3) is 0 Å². The fraction of sp³-hybridized carbons (Fsp3) is 0.455. The van der Waals surface area contributed by atoms with Crippen LogP contribution in [0, 0.1) is 0 Å². The summed E-state index contributed by atoms with van der Waals surface area (Å²) in [6.07, 6.45) is 3.66. The van der Waals surface area contributed by atoms with E-state index in [0.29, 0.717) is 0 Å². The van der Waals surface area contributed by atoms with Gasteiger partial charge in [-0.15, -0.1) is 0 Å². The van der Waals surface area contributed by atoms with Gasteiger partial charge in [0, 0.05) is 4.43 Å². The molecule has 0 nitrogen and oxygen atoms in total. The molecule has 0 aromatic heterocycles. The summed E-state index contributed by atoms with van der Waals surface area (Å²) in [5.74, 6) is 0. The van der Waals surface area contributed by atoms with Gasteiger partial charge in [0.2, 0.25) is 0 Å². The Morgan fingerprint density at radius 3 is 1.92 bits per heavy atom. The van der Waals surface area contributed by atoms with Crippen LogP contribution in [0.1, 0.15) is 24.5 Å². The third-order valence-electron chi connectivity index (χ3n) is 1.94. The van der Waals surface area contributed by atoms with E-state index >= 15 is 0 Å². The van der Waals surface area contributed by atoms with Crippen molar-refractivity contribution < 1.29 is 0 Å². The Labute approximate surface area is 88.5 Å². The number of hydrogen-bond acceptors (Lipinski definition) is 0. The van der Waals surface area contributed by atoms with Crippen molar-refractivity contribution in [1.29, 1.82) is 0 Å². The lowest BCUT2D eigenvalue weighted by Crippen LogP contribution is -1.87. The molecule has 0 fully saturated rings. The molecule has 0 radical (unpaired) electrons. The van der Waals surface area contributed by atoms with Gasteiger partial charge in [0.15, 0.2) is 0 Å². The van der Waals surface area contributed by atoms with E-state index in [4.69, 9.17) is 0 Å². The summed E-state index contributed by atoms with van der Waals surface area (Å²) in [5.41, 5.74) is 2.93. The van der Waals surface area contributed by atoms with Crippen LogP contribution < -0.4 is 0 Å². The fourth-order valence-corrected chi connectivity index (χ4v) is 1.89. The minimum Gasteiger partial charge on any atom is -0.0860 e. The second-order valence-corrected chi connectivity index (χ2v) is 4.08. The summed E-state index contributed by atoms with van der Waals surface area (Å²) in [4.78, 5) is 0. The number of rotatable bonds is 4.